The number of urea groups is 1. The largest absolute Gasteiger partial charge is 0.348 e. The van der Waals surface area contributed by atoms with E-state index in [0.29, 0.717) is 38.5 Å². The summed E-state index contributed by atoms with van der Waals surface area (Å²) >= 11 is 3.39. The van der Waals surface area contributed by atoms with Crippen LogP contribution in [0.1, 0.15) is 6.92 Å². The van der Waals surface area contributed by atoms with E-state index in [1.54, 1.807) is 9.47 Å². The molecular formula is C21H22BrN5O2. The van der Waals surface area contributed by atoms with E-state index in [4.69, 9.17) is 0 Å². The van der Waals surface area contributed by atoms with E-state index in [1.807, 2.05) is 60.4 Å². The van der Waals surface area contributed by atoms with Crippen LogP contribution in [0.25, 0.3) is 11.0 Å². The summed E-state index contributed by atoms with van der Waals surface area (Å²) in [7, 11) is 0. The van der Waals surface area contributed by atoms with Gasteiger partial charge in [-0.3, -0.25) is 4.79 Å². The Morgan fingerprint density at radius 1 is 1.07 bits per heavy atom. The SMILES string of the molecule is CCn1c(=O)c(N2CCN(C(=O)Nc3ccc(Br)cc3)CC2)nc2ccccc21. The lowest BCUT2D eigenvalue weighted by Gasteiger charge is -2.35. The summed E-state index contributed by atoms with van der Waals surface area (Å²) in [6.45, 7) is 4.74. The van der Waals surface area contributed by atoms with Crippen LogP contribution in [0.4, 0.5) is 16.3 Å². The number of benzene rings is 2. The average molecular weight is 456 g/mol. The van der Waals surface area contributed by atoms with Gasteiger partial charge in [-0.1, -0.05) is 28.1 Å². The Kier molecular flexibility index (Phi) is 5.53. The fourth-order valence-electron chi connectivity index (χ4n) is 3.56. The van der Waals surface area contributed by atoms with E-state index in [1.165, 1.54) is 0 Å². The van der Waals surface area contributed by atoms with Gasteiger partial charge in [0.15, 0.2) is 5.82 Å². The van der Waals surface area contributed by atoms with Crippen LogP contribution >= 0.6 is 15.9 Å². The summed E-state index contributed by atoms with van der Waals surface area (Å²) in [6.07, 6.45) is 0. The summed E-state index contributed by atoms with van der Waals surface area (Å²) < 4.78 is 2.72. The molecule has 0 radical (unpaired) electrons. The van der Waals surface area contributed by atoms with Crippen LogP contribution in [-0.4, -0.2) is 46.7 Å². The first kappa shape index (κ1) is 19.4. The number of carbonyl (C=O) groups is 1. The zero-order chi connectivity index (χ0) is 20.4. The van der Waals surface area contributed by atoms with Crippen LogP contribution in [-0.2, 0) is 6.54 Å². The Balaban J connectivity index is 1.48. The van der Waals surface area contributed by atoms with Crippen molar-refractivity contribution < 1.29 is 4.79 Å². The van der Waals surface area contributed by atoms with Crippen LogP contribution in [0, 0.1) is 0 Å². The van der Waals surface area contributed by atoms with Gasteiger partial charge in [-0.05, 0) is 43.3 Å². The first-order valence-electron chi connectivity index (χ1n) is 9.63. The first-order chi connectivity index (χ1) is 14.1. The van der Waals surface area contributed by atoms with E-state index in [-0.39, 0.29) is 11.6 Å². The predicted octanol–water partition coefficient (Wildman–Crippen LogP) is 3.53. The van der Waals surface area contributed by atoms with Crippen molar-refractivity contribution in [1.82, 2.24) is 14.5 Å². The topological polar surface area (TPSA) is 70.5 Å². The molecule has 0 spiro atoms. The summed E-state index contributed by atoms with van der Waals surface area (Å²) in [6, 6.07) is 15.0. The van der Waals surface area contributed by atoms with Gasteiger partial charge in [0.2, 0.25) is 0 Å². The summed E-state index contributed by atoms with van der Waals surface area (Å²) in [5.74, 6) is 0.457. The van der Waals surface area contributed by atoms with Crippen LogP contribution < -0.4 is 15.8 Å². The highest BCUT2D eigenvalue weighted by molar-refractivity contribution is 9.10. The molecule has 0 unspecified atom stereocenters. The molecule has 1 saturated heterocycles. The molecule has 0 aliphatic carbocycles. The highest BCUT2D eigenvalue weighted by Crippen LogP contribution is 2.17. The monoisotopic (exact) mass is 455 g/mol. The molecule has 0 saturated carbocycles. The number of piperazine rings is 1. The number of nitrogens with one attached hydrogen (secondary N) is 1. The summed E-state index contributed by atoms with van der Waals surface area (Å²) in [5, 5.41) is 2.91. The lowest BCUT2D eigenvalue weighted by Crippen LogP contribution is -2.51. The molecule has 7 nitrogen and oxygen atoms in total. The number of aromatic nitrogens is 2. The molecule has 0 bridgehead atoms. The number of rotatable bonds is 3. The quantitative estimate of drug-likeness (QED) is 0.655. The van der Waals surface area contributed by atoms with Crippen LogP contribution in [0.2, 0.25) is 0 Å². The van der Waals surface area contributed by atoms with Gasteiger partial charge in [-0.15, -0.1) is 0 Å². The number of nitrogens with zero attached hydrogens (tertiary/aromatic N) is 4. The number of amides is 2. The molecule has 1 aromatic heterocycles. The molecule has 1 N–H and O–H groups in total. The van der Waals surface area contributed by atoms with Gasteiger partial charge in [0.05, 0.1) is 11.0 Å². The Bertz CT molecular complexity index is 1090. The molecule has 3 aromatic rings. The number of aryl methyl sites for hydroxylation is 1. The van der Waals surface area contributed by atoms with Gasteiger partial charge < -0.3 is 19.7 Å². The van der Waals surface area contributed by atoms with E-state index >= 15 is 0 Å². The fourth-order valence-corrected chi connectivity index (χ4v) is 3.82. The van der Waals surface area contributed by atoms with E-state index in [2.05, 4.69) is 26.2 Å². The zero-order valence-electron chi connectivity index (χ0n) is 16.1. The lowest BCUT2D eigenvalue weighted by molar-refractivity contribution is 0.208. The number of carbonyl (C=O) groups excluding carboxylic acids is 1. The summed E-state index contributed by atoms with van der Waals surface area (Å²) in [5.41, 5.74) is 2.32. The molecule has 29 heavy (non-hydrogen) atoms. The van der Waals surface area contributed by atoms with Gasteiger partial charge in [-0.25, -0.2) is 9.78 Å². The van der Waals surface area contributed by atoms with E-state index in [9.17, 15) is 9.59 Å². The average Bonchev–Trinajstić information content (AvgIpc) is 2.75. The number of hydrogen-bond acceptors (Lipinski definition) is 4. The second kappa shape index (κ2) is 8.24. The van der Waals surface area contributed by atoms with Crippen molar-refractivity contribution in [3.8, 4) is 0 Å². The van der Waals surface area contributed by atoms with Gasteiger partial charge in [-0.2, -0.15) is 0 Å². The van der Waals surface area contributed by atoms with E-state index in [0.717, 1.165) is 21.2 Å². The highest BCUT2D eigenvalue weighted by Gasteiger charge is 2.24. The highest BCUT2D eigenvalue weighted by atomic mass is 79.9. The smallest absolute Gasteiger partial charge is 0.321 e. The van der Waals surface area contributed by atoms with Crippen molar-refractivity contribution in [1.29, 1.82) is 0 Å². The second-order valence-corrected chi connectivity index (χ2v) is 7.80. The van der Waals surface area contributed by atoms with Crippen molar-refractivity contribution in [2.45, 2.75) is 13.5 Å². The van der Waals surface area contributed by atoms with Crippen molar-refractivity contribution in [2.24, 2.45) is 0 Å². The number of hydrogen-bond donors (Lipinski definition) is 1. The number of fused-ring (bicyclic) bond motifs is 1. The minimum atomic E-state index is -0.135. The molecule has 150 valence electrons. The molecule has 1 aliphatic heterocycles. The Morgan fingerprint density at radius 3 is 2.45 bits per heavy atom. The zero-order valence-corrected chi connectivity index (χ0v) is 17.7. The molecule has 4 rings (SSSR count). The normalized spacial score (nSPS) is 14.3. The van der Waals surface area contributed by atoms with E-state index < -0.39 is 0 Å². The van der Waals surface area contributed by atoms with Gasteiger partial charge in [0.1, 0.15) is 0 Å². The number of para-hydroxylation sites is 2. The van der Waals surface area contributed by atoms with Crippen molar-refractivity contribution in [3.05, 3.63) is 63.4 Å². The molecule has 8 heteroatoms. The number of anilines is 2. The molecule has 0 atom stereocenters. The minimum absolute atomic E-state index is 0.0843. The lowest BCUT2D eigenvalue weighted by atomic mass is 10.2. The fraction of sp³-hybridized carbons (Fsp3) is 0.286. The van der Waals surface area contributed by atoms with Crippen LogP contribution in [0.5, 0.6) is 0 Å². The molecular weight excluding hydrogens is 434 g/mol. The molecule has 1 fully saturated rings. The molecule has 2 heterocycles. The van der Waals surface area contributed by atoms with Crippen molar-refractivity contribution in [3.63, 3.8) is 0 Å². The summed E-state index contributed by atoms with van der Waals surface area (Å²) in [4.78, 5) is 33.9. The maximum absolute atomic E-state index is 13.0. The van der Waals surface area contributed by atoms with Gasteiger partial charge in [0, 0.05) is 42.9 Å². The third-order valence-electron chi connectivity index (χ3n) is 5.11. The van der Waals surface area contributed by atoms with Crippen molar-refractivity contribution >= 4 is 44.5 Å². The standard InChI is InChI=1S/C21H22BrN5O2/c1-2-27-18-6-4-3-5-17(18)24-19(20(27)28)25-11-13-26(14-12-25)21(29)23-16-9-7-15(22)8-10-16/h3-10H,2,11-14H2,1H3,(H,23,29). The minimum Gasteiger partial charge on any atom is -0.348 e. The second-order valence-electron chi connectivity index (χ2n) is 6.88. The van der Waals surface area contributed by atoms with Crippen molar-refractivity contribution in [2.75, 3.05) is 36.4 Å². The Hall–Kier alpha value is -2.87. The molecule has 2 amide bonds. The van der Waals surface area contributed by atoms with Crippen LogP contribution in [0.15, 0.2) is 57.8 Å². The molecule has 1 aliphatic rings. The Morgan fingerprint density at radius 2 is 1.76 bits per heavy atom. The maximum Gasteiger partial charge on any atom is 0.321 e. The third kappa shape index (κ3) is 3.98. The van der Waals surface area contributed by atoms with Gasteiger partial charge in [0.25, 0.3) is 5.56 Å². The van der Waals surface area contributed by atoms with Crippen LogP contribution in [0.3, 0.4) is 0 Å². The number of halogens is 1. The predicted molar refractivity (Wildman–Crippen MR) is 119 cm³/mol. The third-order valence-corrected chi connectivity index (χ3v) is 5.64. The van der Waals surface area contributed by atoms with Gasteiger partial charge >= 0.3 is 6.03 Å². The first-order valence-corrected chi connectivity index (χ1v) is 10.4. The molecule has 2 aromatic carbocycles. The Labute approximate surface area is 177 Å². The maximum atomic E-state index is 13.0.